The Morgan fingerprint density at radius 3 is 2.44 bits per heavy atom. The summed E-state index contributed by atoms with van der Waals surface area (Å²) in [7, 11) is -4.01. The number of benzene rings is 2. The second-order valence-corrected chi connectivity index (χ2v) is 10.4. The number of hydrogen-bond donors (Lipinski definition) is 4. The molecule has 0 unspecified atom stereocenters. The number of aromatic nitrogens is 2. The molecule has 2 aliphatic rings. The Morgan fingerprint density at radius 2 is 1.79 bits per heavy atom. The first-order chi connectivity index (χ1) is 16.4. The number of carbonyl (C=O) groups excluding carboxylic acids is 1. The maximum absolute atomic E-state index is 12.8. The molecule has 2 fully saturated rings. The smallest absolute Gasteiger partial charge is 0.339 e. The lowest BCUT2D eigenvalue weighted by Gasteiger charge is -2.36. The molecule has 2 aromatic carbocycles. The van der Waals surface area contributed by atoms with Crippen LogP contribution in [0.4, 0.5) is 16.4 Å². The molecule has 5 N–H and O–H groups in total. The van der Waals surface area contributed by atoms with Crippen LogP contribution >= 0.6 is 0 Å². The number of rotatable bonds is 8. The van der Waals surface area contributed by atoms with E-state index in [2.05, 4.69) is 20.7 Å². The summed E-state index contributed by atoms with van der Waals surface area (Å²) in [5.74, 6) is 0.595. The Hall–Kier alpha value is -3.47. The lowest BCUT2D eigenvalue weighted by molar-refractivity contribution is 0.243. The van der Waals surface area contributed by atoms with Crippen LogP contribution in [0.5, 0.6) is 5.75 Å². The van der Waals surface area contributed by atoms with Crippen molar-refractivity contribution < 1.29 is 17.4 Å². The van der Waals surface area contributed by atoms with Crippen LogP contribution in [-0.4, -0.2) is 36.5 Å². The van der Waals surface area contributed by atoms with Crippen LogP contribution in [0.1, 0.15) is 44.9 Å². The largest absolute Gasteiger partial charge is 0.382 e. The molecule has 2 saturated carbocycles. The number of nitrogens with two attached hydrogens (primary N) is 1. The molecule has 1 aromatic heterocycles. The number of urea groups is 1. The highest BCUT2D eigenvalue weighted by atomic mass is 32.2. The van der Waals surface area contributed by atoms with Crippen LogP contribution in [0.25, 0.3) is 11.0 Å². The first kappa shape index (κ1) is 22.3. The zero-order valence-electron chi connectivity index (χ0n) is 18.7. The molecule has 0 saturated heterocycles. The Morgan fingerprint density at radius 1 is 1.06 bits per heavy atom. The molecular formula is C23H28N6O4S. The maximum Gasteiger partial charge on any atom is 0.339 e. The lowest BCUT2D eigenvalue weighted by Crippen LogP contribution is -2.53. The fourth-order valence-electron chi connectivity index (χ4n) is 4.42. The van der Waals surface area contributed by atoms with Crippen molar-refractivity contribution >= 4 is 38.8 Å². The molecule has 2 amide bonds. The molecule has 10 nitrogen and oxygen atoms in total. The highest BCUT2D eigenvalue weighted by Crippen LogP contribution is 2.30. The number of primary amides is 1. The molecule has 34 heavy (non-hydrogen) atoms. The average molecular weight is 485 g/mol. The van der Waals surface area contributed by atoms with Crippen molar-refractivity contribution in [1.82, 2.24) is 15.4 Å². The van der Waals surface area contributed by atoms with Gasteiger partial charge in [-0.15, -0.1) is 0 Å². The van der Waals surface area contributed by atoms with Gasteiger partial charge < -0.3 is 20.2 Å². The molecule has 3 aromatic rings. The minimum atomic E-state index is -4.01. The first-order valence-corrected chi connectivity index (χ1v) is 12.9. The Labute approximate surface area is 198 Å². The summed E-state index contributed by atoms with van der Waals surface area (Å²) < 4.78 is 31.0. The van der Waals surface area contributed by atoms with E-state index in [1.54, 1.807) is 47.5 Å². The molecule has 0 spiro atoms. The standard InChI is InChI=1S/C23H28N6O4S/c24-22(30)28-29(17-6-3-7-17)23-26-20-13-10-18(14-21(20)27-23)33-34(31,32)19-11-8-16(9-12-19)25-15-4-1-2-5-15/h8-15,17,25H,1-7H2,(H,26,27)(H3,24,28,30). The minimum Gasteiger partial charge on any atom is -0.382 e. The number of H-pyrrole nitrogens is 1. The minimum absolute atomic E-state index is 0.0803. The Kier molecular flexibility index (Phi) is 5.94. The molecule has 0 radical (unpaired) electrons. The molecule has 180 valence electrons. The van der Waals surface area contributed by atoms with Crippen molar-refractivity contribution in [3.63, 3.8) is 0 Å². The lowest BCUT2D eigenvalue weighted by atomic mass is 9.93. The van der Waals surface area contributed by atoms with Crippen molar-refractivity contribution in [3.05, 3.63) is 42.5 Å². The van der Waals surface area contributed by atoms with Crippen molar-refractivity contribution in [3.8, 4) is 5.75 Å². The molecule has 11 heteroatoms. The zero-order chi connectivity index (χ0) is 23.7. The highest BCUT2D eigenvalue weighted by Gasteiger charge is 2.28. The van der Waals surface area contributed by atoms with E-state index < -0.39 is 16.1 Å². The quantitative estimate of drug-likeness (QED) is 0.282. The number of anilines is 2. The third-order valence-corrected chi connectivity index (χ3v) is 7.68. The van der Waals surface area contributed by atoms with Gasteiger partial charge in [-0.05, 0) is 68.5 Å². The van der Waals surface area contributed by atoms with E-state index in [0.29, 0.717) is 23.0 Å². The van der Waals surface area contributed by atoms with Gasteiger partial charge in [0.2, 0.25) is 5.95 Å². The third-order valence-electron chi connectivity index (χ3n) is 6.41. The average Bonchev–Trinajstić information content (AvgIpc) is 3.41. The number of hydrogen-bond acceptors (Lipinski definition) is 7. The van der Waals surface area contributed by atoms with Gasteiger partial charge in [-0.3, -0.25) is 0 Å². The summed E-state index contributed by atoms with van der Waals surface area (Å²) in [5.41, 5.74) is 10.0. The van der Waals surface area contributed by atoms with Crippen LogP contribution in [0.2, 0.25) is 0 Å². The zero-order valence-corrected chi connectivity index (χ0v) is 19.5. The van der Waals surface area contributed by atoms with Crippen LogP contribution in [-0.2, 0) is 10.1 Å². The maximum atomic E-state index is 12.8. The monoisotopic (exact) mass is 484 g/mol. The van der Waals surface area contributed by atoms with Crippen LogP contribution in [0.15, 0.2) is 47.4 Å². The van der Waals surface area contributed by atoms with Gasteiger partial charge in [0.15, 0.2) is 0 Å². The van der Waals surface area contributed by atoms with E-state index in [4.69, 9.17) is 9.92 Å². The number of aromatic amines is 1. The van der Waals surface area contributed by atoms with Crippen LogP contribution in [0, 0.1) is 0 Å². The van der Waals surface area contributed by atoms with Gasteiger partial charge in [0.1, 0.15) is 10.6 Å². The molecular weight excluding hydrogens is 456 g/mol. The van der Waals surface area contributed by atoms with Crippen molar-refractivity contribution in [2.45, 2.75) is 61.9 Å². The fraction of sp³-hybridized carbons (Fsp3) is 0.391. The van der Waals surface area contributed by atoms with Gasteiger partial charge in [-0.1, -0.05) is 12.8 Å². The van der Waals surface area contributed by atoms with Crippen molar-refractivity contribution in [2.75, 3.05) is 10.3 Å². The number of imidazole rings is 1. The molecule has 0 aliphatic heterocycles. The van der Waals surface area contributed by atoms with E-state index in [-0.39, 0.29) is 16.7 Å². The summed E-state index contributed by atoms with van der Waals surface area (Å²) in [6.45, 7) is 0. The number of nitrogens with one attached hydrogen (secondary N) is 3. The van der Waals surface area contributed by atoms with E-state index in [0.717, 1.165) is 37.8 Å². The van der Waals surface area contributed by atoms with Crippen LogP contribution in [0.3, 0.4) is 0 Å². The predicted molar refractivity (Wildman–Crippen MR) is 129 cm³/mol. The number of hydrazine groups is 1. The Balaban J connectivity index is 1.32. The molecule has 0 bridgehead atoms. The summed E-state index contributed by atoms with van der Waals surface area (Å²) >= 11 is 0. The topological polar surface area (TPSA) is 142 Å². The summed E-state index contributed by atoms with van der Waals surface area (Å²) in [6, 6.07) is 11.3. The van der Waals surface area contributed by atoms with Crippen molar-refractivity contribution in [1.29, 1.82) is 0 Å². The van der Waals surface area contributed by atoms with Gasteiger partial charge in [0, 0.05) is 17.8 Å². The van der Waals surface area contributed by atoms with Crippen molar-refractivity contribution in [2.24, 2.45) is 5.73 Å². The SMILES string of the molecule is NC(=O)NN(c1nc2ccc(OS(=O)(=O)c3ccc(NC4CCCC4)cc3)cc2[nH]1)C1CCC1. The molecule has 2 aliphatic carbocycles. The van der Waals surface area contributed by atoms with E-state index in [1.807, 2.05) is 0 Å². The summed E-state index contributed by atoms with van der Waals surface area (Å²) in [6.07, 6.45) is 7.61. The number of nitrogens with zero attached hydrogens (tertiary/aromatic N) is 2. The normalized spacial score (nSPS) is 16.8. The van der Waals surface area contributed by atoms with E-state index in [1.165, 1.54) is 12.8 Å². The Bertz CT molecular complexity index is 1280. The van der Waals surface area contributed by atoms with Crippen LogP contribution < -0.4 is 25.7 Å². The third kappa shape index (κ3) is 4.74. The molecule has 0 atom stereocenters. The highest BCUT2D eigenvalue weighted by molar-refractivity contribution is 7.87. The van der Waals surface area contributed by atoms with Gasteiger partial charge in [0.05, 0.1) is 17.1 Å². The van der Waals surface area contributed by atoms with Gasteiger partial charge in [-0.25, -0.2) is 20.2 Å². The number of fused-ring (bicyclic) bond motifs is 1. The number of carbonyl (C=O) groups is 1. The van der Waals surface area contributed by atoms with Gasteiger partial charge in [-0.2, -0.15) is 8.42 Å². The fourth-order valence-corrected chi connectivity index (χ4v) is 5.34. The molecule has 1 heterocycles. The second-order valence-electron chi connectivity index (χ2n) is 8.86. The van der Waals surface area contributed by atoms with Gasteiger partial charge >= 0.3 is 16.1 Å². The summed E-state index contributed by atoms with van der Waals surface area (Å²) in [5, 5.41) is 5.07. The van der Waals surface area contributed by atoms with E-state index in [9.17, 15) is 13.2 Å². The molecule has 5 rings (SSSR count). The predicted octanol–water partition coefficient (Wildman–Crippen LogP) is 3.63. The first-order valence-electron chi connectivity index (χ1n) is 11.5. The number of amides is 2. The summed E-state index contributed by atoms with van der Waals surface area (Å²) in [4.78, 5) is 19.1. The van der Waals surface area contributed by atoms with Gasteiger partial charge in [0.25, 0.3) is 0 Å². The van der Waals surface area contributed by atoms with E-state index >= 15 is 0 Å². The second kappa shape index (κ2) is 9.05.